The van der Waals surface area contributed by atoms with Crippen LogP contribution in [0.4, 0.5) is 0 Å². The molecule has 1 unspecified atom stereocenters. The highest BCUT2D eigenvalue weighted by Gasteiger charge is 2.21. The molecule has 3 nitrogen and oxygen atoms in total. The molecule has 0 fully saturated rings. The molecule has 1 heterocycles. The van der Waals surface area contributed by atoms with Crippen molar-refractivity contribution in [2.45, 2.75) is 39.0 Å². The minimum atomic E-state index is -3.03. The fraction of sp³-hybridized carbons (Fsp3) is 0.800. The van der Waals surface area contributed by atoms with Crippen molar-refractivity contribution in [1.29, 1.82) is 0 Å². The van der Waals surface area contributed by atoms with Gasteiger partial charge in [-0.3, -0.25) is 4.21 Å². The predicted octanol–water partition coefficient (Wildman–Crippen LogP) is 1.98. The fourth-order valence-corrected chi connectivity index (χ4v) is 4.72. The molecule has 0 aromatic heterocycles. The third-order valence-electron chi connectivity index (χ3n) is 2.42. The lowest BCUT2D eigenvalue weighted by Gasteiger charge is -2.01. The molecular weight excluding hydrogens is 232 g/mol. The normalized spacial score (nSPS) is 21.3. The molecule has 0 N–H and O–H groups in total. The van der Waals surface area contributed by atoms with E-state index in [1.807, 2.05) is 0 Å². The van der Waals surface area contributed by atoms with Gasteiger partial charge in [-0.2, -0.15) is 0 Å². The van der Waals surface area contributed by atoms with Crippen LogP contribution in [0.25, 0.3) is 0 Å². The van der Waals surface area contributed by atoms with E-state index in [2.05, 4.69) is 6.92 Å². The van der Waals surface area contributed by atoms with Gasteiger partial charge in [-0.25, -0.2) is 8.42 Å². The molecule has 0 aliphatic carbocycles. The first-order valence-electron chi connectivity index (χ1n) is 5.37. The zero-order valence-corrected chi connectivity index (χ0v) is 10.7. The molecule has 88 valence electrons. The predicted molar refractivity (Wildman–Crippen MR) is 63.6 cm³/mol. The Morgan fingerprint density at radius 3 is 2.60 bits per heavy atom. The molecular formula is C10H18O3S2. The summed E-state index contributed by atoms with van der Waals surface area (Å²) in [6, 6.07) is 0. The van der Waals surface area contributed by atoms with E-state index in [4.69, 9.17) is 0 Å². The van der Waals surface area contributed by atoms with Crippen LogP contribution in [0.2, 0.25) is 0 Å². The summed E-state index contributed by atoms with van der Waals surface area (Å²) in [5.74, 6) is 0.754. The molecule has 0 aromatic carbocycles. The van der Waals surface area contributed by atoms with Gasteiger partial charge in [0.25, 0.3) is 0 Å². The second-order valence-electron chi connectivity index (χ2n) is 3.81. The number of allylic oxidation sites excluding steroid dienone is 1. The van der Waals surface area contributed by atoms with E-state index in [0.29, 0.717) is 17.1 Å². The monoisotopic (exact) mass is 250 g/mol. The maximum atomic E-state index is 11.7. The summed E-state index contributed by atoms with van der Waals surface area (Å²) in [7, 11) is -4.09. The van der Waals surface area contributed by atoms with Crippen LogP contribution >= 0.6 is 0 Å². The Morgan fingerprint density at radius 2 is 2.07 bits per heavy atom. The molecule has 0 bridgehead atoms. The largest absolute Gasteiger partial charge is 0.255 e. The molecule has 0 aromatic rings. The van der Waals surface area contributed by atoms with Gasteiger partial charge in [0.2, 0.25) is 0 Å². The van der Waals surface area contributed by atoms with Gasteiger partial charge in [0.1, 0.15) is 0 Å². The van der Waals surface area contributed by atoms with Crippen molar-refractivity contribution < 1.29 is 12.6 Å². The number of sulfone groups is 1. The summed E-state index contributed by atoms with van der Waals surface area (Å²) in [5, 5.41) is 1.21. The molecule has 0 saturated carbocycles. The van der Waals surface area contributed by atoms with E-state index < -0.39 is 20.6 Å². The van der Waals surface area contributed by atoms with Gasteiger partial charge in [0.05, 0.1) is 5.75 Å². The highest BCUT2D eigenvalue weighted by molar-refractivity contribution is 7.96. The average Bonchev–Trinajstić information content (AvgIpc) is 2.53. The Labute approximate surface area is 94.3 Å². The van der Waals surface area contributed by atoms with Crippen molar-refractivity contribution in [3.8, 4) is 0 Å². The van der Waals surface area contributed by atoms with Gasteiger partial charge in [-0.1, -0.05) is 26.2 Å². The topological polar surface area (TPSA) is 51.2 Å². The number of hydrogen-bond donors (Lipinski definition) is 0. The van der Waals surface area contributed by atoms with Crippen molar-refractivity contribution in [2.24, 2.45) is 0 Å². The van der Waals surface area contributed by atoms with Gasteiger partial charge in [-0.15, -0.1) is 0 Å². The summed E-state index contributed by atoms with van der Waals surface area (Å²) in [5.41, 5.74) is 0. The van der Waals surface area contributed by atoms with Crippen LogP contribution in [-0.2, 0) is 20.6 Å². The van der Waals surface area contributed by atoms with Crippen molar-refractivity contribution >= 4 is 20.6 Å². The lowest BCUT2D eigenvalue weighted by Crippen LogP contribution is -1.99. The smallest absolute Gasteiger partial charge is 0.172 e. The second kappa shape index (κ2) is 5.80. The minimum Gasteiger partial charge on any atom is -0.255 e. The Morgan fingerprint density at radius 1 is 1.33 bits per heavy atom. The summed E-state index contributed by atoms with van der Waals surface area (Å²) < 4.78 is 33.9. The van der Waals surface area contributed by atoms with Crippen molar-refractivity contribution in [2.75, 3.05) is 11.5 Å². The molecule has 5 heteroatoms. The van der Waals surface area contributed by atoms with Gasteiger partial charge in [-0.05, 0) is 12.8 Å². The highest BCUT2D eigenvalue weighted by atomic mass is 32.2. The lowest BCUT2D eigenvalue weighted by molar-refractivity contribution is 0.606. The highest BCUT2D eigenvalue weighted by Crippen LogP contribution is 2.20. The molecule has 0 saturated heterocycles. The van der Waals surface area contributed by atoms with E-state index in [9.17, 15) is 12.6 Å². The van der Waals surface area contributed by atoms with E-state index in [1.165, 1.54) is 5.41 Å². The Bertz CT molecular complexity index is 355. The van der Waals surface area contributed by atoms with E-state index in [-0.39, 0.29) is 5.75 Å². The van der Waals surface area contributed by atoms with Crippen molar-refractivity contribution in [1.82, 2.24) is 0 Å². The fourth-order valence-electron chi connectivity index (χ4n) is 1.52. The van der Waals surface area contributed by atoms with E-state index in [1.54, 1.807) is 0 Å². The van der Waals surface area contributed by atoms with Crippen LogP contribution in [0.15, 0.2) is 10.3 Å². The Hall–Kier alpha value is -0.160. The second-order valence-corrected chi connectivity index (χ2v) is 7.40. The van der Waals surface area contributed by atoms with Gasteiger partial charge >= 0.3 is 0 Å². The SMILES string of the molecule is CCCCCCS(=O)C1=CS(=O)(=O)CC1. The van der Waals surface area contributed by atoms with Crippen LogP contribution in [0.1, 0.15) is 39.0 Å². The Kier molecular flexibility index (Phi) is 4.99. The van der Waals surface area contributed by atoms with Crippen LogP contribution < -0.4 is 0 Å². The standard InChI is InChI=1S/C10H18O3S2/c1-2-3-4-5-7-14(11)10-6-8-15(12,13)9-10/h9H,2-8H2,1H3. The molecule has 1 rings (SSSR count). The Balaban J connectivity index is 2.36. The summed E-state index contributed by atoms with van der Waals surface area (Å²) in [6.45, 7) is 2.13. The molecule has 1 atom stereocenters. The van der Waals surface area contributed by atoms with Gasteiger partial charge < -0.3 is 0 Å². The quantitative estimate of drug-likeness (QED) is 0.677. The maximum absolute atomic E-state index is 11.7. The molecule has 0 amide bonds. The molecule has 1 aliphatic rings. The third-order valence-corrected chi connectivity index (χ3v) is 5.55. The van der Waals surface area contributed by atoms with Crippen LogP contribution in [0, 0.1) is 0 Å². The molecule has 15 heavy (non-hydrogen) atoms. The molecule has 0 radical (unpaired) electrons. The molecule has 1 aliphatic heterocycles. The lowest BCUT2D eigenvalue weighted by atomic mass is 10.2. The van der Waals surface area contributed by atoms with Crippen molar-refractivity contribution in [3.05, 3.63) is 10.3 Å². The first-order valence-corrected chi connectivity index (χ1v) is 8.40. The zero-order chi connectivity index (χ0) is 11.3. The van der Waals surface area contributed by atoms with Crippen LogP contribution in [0.5, 0.6) is 0 Å². The van der Waals surface area contributed by atoms with Crippen LogP contribution in [-0.4, -0.2) is 24.1 Å². The number of hydrogen-bond acceptors (Lipinski definition) is 3. The van der Waals surface area contributed by atoms with Crippen LogP contribution in [0.3, 0.4) is 0 Å². The van der Waals surface area contributed by atoms with E-state index >= 15 is 0 Å². The zero-order valence-electron chi connectivity index (χ0n) is 9.07. The number of rotatable bonds is 6. The average molecular weight is 250 g/mol. The molecule has 0 spiro atoms. The van der Waals surface area contributed by atoms with Gasteiger partial charge in [0, 0.05) is 26.9 Å². The third kappa shape index (κ3) is 4.47. The van der Waals surface area contributed by atoms with Gasteiger partial charge in [0.15, 0.2) is 9.84 Å². The summed E-state index contributed by atoms with van der Waals surface area (Å²) >= 11 is 0. The summed E-state index contributed by atoms with van der Waals surface area (Å²) in [6.07, 6.45) is 4.79. The first kappa shape index (κ1) is 12.9. The summed E-state index contributed by atoms with van der Waals surface area (Å²) in [4.78, 5) is 0.617. The minimum absolute atomic E-state index is 0.142. The van der Waals surface area contributed by atoms with E-state index in [0.717, 1.165) is 25.7 Å². The number of unbranched alkanes of at least 4 members (excludes halogenated alkanes) is 3. The maximum Gasteiger partial charge on any atom is 0.172 e. The first-order chi connectivity index (χ1) is 7.05. The van der Waals surface area contributed by atoms with Crippen molar-refractivity contribution in [3.63, 3.8) is 0 Å².